The largest absolute Gasteiger partial charge is 0.497 e. The third kappa shape index (κ3) is 2.79. The Labute approximate surface area is 105 Å². The lowest BCUT2D eigenvalue weighted by Crippen LogP contribution is -2.23. The summed E-state index contributed by atoms with van der Waals surface area (Å²) in [5.74, 6) is -0.926. The molecule has 100 valence electrons. The van der Waals surface area contributed by atoms with Crippen molar-refractivity contribution in [2.24, 2.45) is 0 Å². The fourth-order valence-corrected chi connectivity index (χ4v) is 2.21. The summed E-state index contributed by atoms with van der Waals surface area (Å²) in [5.41, 5.74) is 0.0903. The van der Waals surface area contributed by atoms with Crippen molar-refractivity contribution in [2.75, 3.05) is 27.3 Å². The van der Waals surface area contributed by atoms with Gasteiger partial charge in [0.15, 0.2) is 0 Å². The van der Waals surface area contributed by atoms with Crippen molar-refractivity contribution in [3.63, 3.8) is 0 Å². The molecular weight excluding hydrogens is 240 g/mol. The summed E-state index contributed by atoms with van der Waals surface area (Å²) in [6.45, 7) is 1.77. The Morgan fingerprint density at radius 1 is 1.28 bits per heavy atom. The van der Waals surface area contributed by atoms with Crippen molar-refractivity contribution in [1.29, 1.82) is 0 Å². The normalized spacial score (nSPS) is 20.3. The zero-order valence-corrected chi connectivity index (χ0v) is 10.6. The number of benzene rings is 1. The molecule has 0 bridgehead atoms. The number of ether oxygens (including phenoxy) is 2. The summed E-state index contributed by atoms with van der Waals surface area (Å²) < 4.78 is 37.6. The third-order valence-electron chi connectivity index (χ3n) is 3.29. The fourth-order valence-electron chi connectivity index (χ4n) is 2.21. The second-order valence-electron chi connectivity index (χ2n) is 4.45. The molecule has 0 spiro atoms. The van der Waals surface area contributed by atoms with Crippen LogP contribution in [0.15, 0.2) is 12.1 Å². The van der Waals surface area contributed by atoms with Gasteiger partial charge in [-0.15, -0.1) is 0 Å². The van der Waals surface area contributed by atoms with Crippen molar-refractivity contribution >= 4 is 0 Å². The minimum absolute atomic E-state index is 0.0903. The molecule has 1 fully saturated rings. The quantitative estimate of drug-likeness (QED) is 0.825. The monoisotopic (exact) mass is 257 g/mol. The molecule has 1 saturated heterocycles. The molecule has 0 amide bonds. The van der Waals surface area contributed by atoms with Crippen LogP contribution < -0.4 is 4.74 Å². The Morgan fingerprint density at radius 2 is 1.94 bits per heavy atom. The smallest absolute Gasteiger partial charge is 0.134 e. The predicted octanol–water partition coefficient (Wildman–Crippen LogP) is 2.19. The zero-order chi connectivity index (χ0) is 13.1. The SMILES string of the molecule is COc1cc(F)c(CN2CCC(OC)C2)c(F)c1. The van der Waals surface area contributed by atoms with Gasteiger partial charge in [-0.2, -0.15) is 0 Å². The van der Waals surface area contributed by atoms with Crippen LogP contribution in [0.5, 0.6) is 5.75 Å². The first-order valence-electron chi connectivity index (χ1n) is 5.91. The van der Waals surface area contributed by atoms with Crippen LogP contribution in [-0.2, 0) is 11.3 Å². The lowest BCUT2D eigenvalue weighted by Gasteiger charge is -2.17. The van der Waals surface area contributed by atoms with Crippen molar-refractivity contribution in [2.45, 2.75) is 19.1 Å². The summed E-state index contributed by atoms with van der Waals surface area (Å²) >= 11 is 0. The molecule has 1 aromatic carbocycles. The van der Waals surface area contributed by atoms with Crippen LogP contribution in [-0.4, -0.2) is 38.3 Å². The third-order valence-corrected chi connectivity index (χ3v) is 3.29. The summed E-state index contributed by atoms with van der Waals surface area (Å²) in [6, 6.07) is 2.42. The summed E-state index contributed by atoms with van der Waals surface area (Å²) in [5, 5.41) is 0. The number of halogens is 2. The van der Waals surface area contributed by atoms with E-state index in [0.717, 1.165) is 13.0 Å². The van der Waals surface area contributed by atoms with Crippen LogP contribution >= 0.6 is 0 Å². The zero-order valence-electron chi connectivity index (χ0n) is 10.6. The number of methoxy groups -OCH3 is 2. The van der Waals surface area contributed by atoms with E-state index in [4.69, 9.17) is 9.47 Å². The Morgan fingerprint density at radius 3 is 2.44 bits per heavy atom. The molecule has 1 aliphatic heterocycles. The van der Waals surface area contributed by atoms with Gasteiger partial charge in [0.25, 0.3) is 0 Å². The molecule has 18 heavy (non-hydrogen) atoms. The first-order valence-corrected chi connectivity index (χ1v) is 5.91. The fraction of sp³-hybridized carbons (Fsp3) is 0.538. The molecule has 1 heterocycles. The van der Waals surface area contributed by atoms with Crippen LogP contribution in [0.3, 0.4) is 0 Å². The number of nitrogens with zero attached hydrogens (tertiary/aromatic N) is 1. The summed E-state index contributed by atoms with van der Waals surface area (Å²) in [7, 11) is 3.04. The van der Waals surface area contributed by atoms with Crippen molar-refractivity contribution in [3.8, 4) is 5.75 Å². The van der Waals surface area contributed by atoms with Gasteiger partial charge < -0.3 is 9.47 Å². The number of hydrogen-bond donors (Lipinski definition) is 0. The van der Waals surface area contributed by atoms with Gasteiger partial charge in [0.05, 0.1) is 13.2 Å². The second kappa shape index (κ2) is 5.63. The molecule has 1 aromatic rings. The number of likely N-dealkylation sites (tertiary alicyclic amines) is 1. The van der Waals surface area contributed by atoms with Crippen LogP contribution in [0.1, 0.15) is 12.0 Å². The highest BCUT2D eigenvalue weighted by molar-refractivity contribution is 5.30. The maximum Gasteiger partial charge on any atom is 0.134 e. The van der Waals surface area contributed by atoms with E-state index in [-0.39, 0.29) is 24.0 Å². The number of hydrogen-bond acceptors (Lipinski definition) is 3. The topological polar surface area (TPSA) is 21.7 Å². The highest BCUT2D eigenvalue weighted by Gasteiger charge is 2.24. The average Bonchev–Trinajstić information content (AvgIpc) is 2.81. The molecule has 0 radical (unpaired) electrons. The predicted molar refractivity (Wildman–Crippen MR) is 63.6 cm³/mol. The molecule has 3 nitrogen and oxygen atoms in total. The van der Waals surface area contributed by atoms with E-state index in [0.29, 0.717) is 6.54 Å². The summed E-state index contributed by atoms with van der Waals surface area (Å²) in [4.78, 5) is 1.99. The van der Waals surface area contributed by atoms with Gasteiger partial charge in [0, 0.05) is 44.4 Å². The number of rotatable bonds is 4. The Hall–Kier alpha value is -1.20. The Kier molecular flexibility index (Phi) is 4.14. The molecular formula is C13H17F2NO2. The van der Waals surface area contributed by atoms with Gasteiger partial charge >= 0.3 is 0 Å². The first kappa shape index (κ1) is 13.2. The minimum Gasteiger partial charge on any atom is -0.497 e. The highest BCUT2D eigenvalue weighted by atomic mass is 19.1. The van der Waals surface area contributed by atoms with E-state index >= 15 is 0 Å². The van der Waals surface area contributed by atoms with Gasteiger partial charge in [0.2, 0.25) is 0 Å². The molecule has 0 N–H and O–H groups in total. The molecule has 0 aliphatic carbocycles. The maximum absolute atomic E-state index is 13.8. The van der Waals surface area contributed by atoms with Crippen LogP contribution in [0.25, 0.3) is 0 Å². The molecule has 1 aliphatic rings. The van der Waals surface area contributed by atoms with Gasteiger partial charge in [-0.3, -0.25) is 4.90 Å². The maximum atomic E-state index is 13.8. The average molecular weight is 257 g/mol. The van der Waals surface area contributed by atoms with E-state index in [1.165, 1.54) is 19.2 Å². The molecule has 2 rings (SSSR count). The molecule has 0 saturated carbocycles. The second-order valence-corrected chi connectivity index (χ2v) is 4.45. The van der Waals surface area contributed by atoms with Crippen molar-refractivity contribution in [1.82, 2.24) is 4.90 Å². The van der Waals surface area contributed by atoms with E-state index < -0.39 is 11.6 Å². The molecule has 1 atom stereocenters. The van der Waals surface area contributed by atoms with Crippen molar-refractivity contribution in [3.05, 3.63) is 29.3 Å². The van der Waals surface area contributed by atoms with Gasteiger partial charge in [-0.1, -0.05) is 0 Å². The van der Waals surface area contributed by atoms with Gasteiger partial charge in [-0.25, -0.2) is 8.78 Å². The van der Waals surface area contributed by atoms with Crippen LogP contribution in [0.2, 0.25) is 0 Å². The minimum atomic E-state index is -0.562. The summed E-state index contributed by atoms with van der Waals surface area (Å²) in [6.07, 6.45) is 1.06. The van der Waals surface area contributed by atoms with Crippen LogP contribution in [0, 0.1) is 11.6 Å². The lowest BCUT2D eigenvalue weighted by atomic mass is 10.1. The van der Waals surface area contributed by atoms with Crippen molar-refractivity contribution < 1.29 is 18.3 Å². The standard InChI is InChI=1S/C13H17F2NO2/c1-17-9-3-4-16(7-9)8-11-12(14)5-10(18-2)6-13(11)15/h5-6,9H,3-4,7-8H2,1-2H3. The van der Waals surface area contributed by atoms with E-state index in [9.17, 15) is 8.78 Å². The Bertz CT molecular complexity index is 402. The molecule has 1 unspecified atom stereocenters. The molecule has 5 heteroatoms. The van der Waals surface area contributed by atoms with E-state index in [1.807, 2.05) is 4.90 Å². The lowest BCUT2D eigenvalue weighted by molar-refractivity contribution is 0.107. The van der Waals surface area contributed by atoms with E-state index in [1.54, 1.807) is 7.11 Å². The molecule has 0 aromatic heterocycles. The highest BCUT2D eigenvalue weighted by Crippen LogP contribution is 2.23. The first-order chi connectivity index (χ1) is 8.63. The van der Waals surface area contributed by atoms with E-state index in [2.05, 4.69) is 0 Å². The Balaban J connectivity index is 2.10. The van der Waals surface area contributed by atoms with Gasteiger partial charge in [0.1, 0.15) is 17.4 Å². The van der Waals surface area contributed by atoms with Crippen LogP contribution in [0.4, 0.5) is 8.78 Å². The van der Waals surface area contributed by atoms with Gasteiger partial charge in [-0.05, 0) is 6.42 Å².